The van der Waals surface area contributed by atoms with Gasteiger partial charge in [-0.1, -0.05) is 13.3 Å². The molecule has 0 aliphatic carbocycles. The Morgan fingerprint density at radius 3 is 2.57 bits per heavy atom. The molecule has 2 atom stereocenters. The van der Waals surface area contributed by atoms with Crippen molar-refractivity contribution in [1.82, 2.24) is 3.93 Å². The molecule has 1 rings (SSSR count). The third kappa shape index (κ3) is 1.42. The second kappa shape index (κ2) is 2.14. The molecular weight excluding hydrogens is 154 g/mol. The fraction of sp³-hybridized carbons (Fsp3) is 1.00. The Kier molecular flexibility index (Phi) is 1.70. The zero-order valence-electron chi connectivity index (χ0n) is 4.52. The van der Waals surface area contributed by atoms with Crippen LogP contribution in [0.2, 0.25) is 0 Å². The second-order valence-electron chi connectivity index (χ2n) is 2.02. The van der Waals surface area contributed by atoms with Gasteiger partial charge in [-0.25, -0.2) is 3.93 Å². The Bertz CT molecular complexity index is 65.1. The van der Waals surface area contributed by atoms with E-state index in [0.717, 1.165) is 6.04 Å². The SMILES string of the molecule is CCCC1CN1Br. The fourth-order valence-corrected chi connectivity index (χ4v) is 1.26. The van der Waals surface area contributed by atoms with Crippen molar-refractivity contribution in [3.05, 3.63) is 0 Å². The van der Waals surface area contributed by atoms with Gasteiger partial charge in [-0.05, 0) is 6.42 Å². The number of rotatable bonds is 2. The molecule has 1 fully saturated rings. The van der Waals surface area contributed by atoms with E-state index < -0.39 is 0 Å². The summed E-state index contributed by atoms with van der Waals surface area (Å²) in [5, 5.41) is 0. The first-order valence-corrected chi connectivity index (χ1v) is 3.48. The molecule has 42 valence electrons. The lowest BCUT2D eigenvalue weighted by atomic mass is 10.3. The van der Waals surface area contributed by atoms with Gasteiger partial charge in [0.15, 0.2) is 0 Å². The van der Waals surface area contributed by atoms with Crippen LogP contribution in [0.25, 0.3) is 0 Å². The zero-order chi connectivity index (χ0) is 5.28. The first-order chi connectivity index (χ1) is 3.34. The Balaban J connectivity index is 1.98. The Hall–Kier alpha value is 0.440. The van der Waals surface area contributed by atoms with Crippen molar-refractivity contribution in [3.63, 3.8) is 0 Å². The molecule has 0 radical (unpaired) electrons. The van der Waals surface area contributed by atoms with E-state index in [4.69, 9.17) is 0 Å². The average Bonchev–Trinajstić information content (AvgIpc) is 2.22. The average molecular weight is 164 g/mol. The molecule has 1 aliphatic heterocycles. The molecule has 0 N–H and O–H groups in total. The van der Waals surface area contributed by atoms with Gasteiger partial charge in [-0.2, -0.15) is 0 Å². The first kappa shape index (κ1) is 5.57. The Morgan fingerprint density at radius 1 is 1.86 bits per heavy atom. The van der Waals surface area contributed by atoms with Crippen LogP contribution in [0.1, 0.15) is 19.8 Å². The number of hydrogen-bond acceptors (Lipinski definition) is 1. The van der Waals surface area contributed by atoms with E-state index in [9.17, 15) is 0 Å². The third-order valence-electron chi connectivity index (χ3n) is 1.27. The smallest absolute Gasteiger partial charge is 0.0342 e. The van der Waals surface area contributed by atoms with Crippen molar-refractivity contribution in [2.24, 2.45) is 0 Å². The second-order valence-corrected chi connectivity index (χ2v) is 2.94. The standard InChI is InChI=1S/C5H10BrN/c1-2-3-5-4-7(5)6/h5H,2-4H2,1H3. The predicted octanol–water partition coefficient (Wildman–Crippen LogP) is 1.78. The molecule has 0 aromatic heterocycles. The minimum atomic E-state index is 0.866. The molecule has 0 bridgehead atoms. The van der Waals surface area contributed by atoms with Crippen LogP contribution in [-0.4, -0.2) is 16.5 Å². The minimum absolute atomic E-state index is 0.866. The normalized spacial score (nSPS) is 38.6. The van der Waals surface area contributed by atoms with E-state index in [1.165, 1.54) is 19.4 Å². The lowest BCUT2D eigenvalue weighted by molar-refractivity contribution is 0.714. The van der Waals surface area contributed by atoms with Crippen molar-refractivity contribution in [3.8, 4) is 0 Å². The summed E-state index contributed by atoms with van der Waals surface area (Å²) in [6, 6.07) is 0.866. The molecule has 1 saturated heterocycles. The van der Waals surface area contributed by atoms with E-state index in [2.05, 4.69) is 27.0 Å². The van der Waals surface area contributed by atoms with Gasteiger partial charge in [0.05, 0.1) is 0 Å². The molecule has 2 heteroatoms. The Labute approximate surface area is 53.0 Å². The van der Waals surface area contributed by atoms with Crippen molar-refractivity contribution in [2.75, 3.05) is 6.54 Å². The highest BCUT2D eigenvalue weighted by Gasteiger charge is 2.29. The number of hydrogen-bond donors (Lipinski definition) is 0. The van der Waals surface area contributed by atoms with Gasteiger partial charge < -0.3 is 0 Å². The van der Waals surface area contributed by atoms with Crippen molar-refractivity contribution in [2.45, 2.75) is 25.8 Å². The molecule has 0 aromatic carbocycles. The molecule has 7 heavy (non-hydrogen) atoms. The molecule has 0 aromatic rings. The highest BCUT2D eigenvalue weighted by Crippen LogP contribution is 2.25. The van der Waals surface area contributed by atoms with E-state index in [1.807, 2.05) is 0 Å². The van der Waals surface area contributed by atoms with Crippen LogP contribution in [0.3, 0.4) is 0 Å². The lowest BCUT2D eigenvalue weighted by Crippen LogP contribution is -1.85. The summed E-state index contributed by atoms with van der Waals surface area (Å²) in [5.41, 5.74) is 0. The fourth-order valence-electron chi connectivity index (χ4n) is 0.719. The van der Waals surface area contributed by atoms with Crippen LogP contribution in [-0.2, 0) is 0 Å². The summed E-state index contributed by atoms with van der Waals surface area (Å²) >= 11 is 3.38. The molecule has 0 spiro atoms. The van der Waals surface area contributed by atoms with Crippen molar-refractivity contribution >= 4 is 16.1 Å². The Morgan fingerprint density at radius 2 is 2.43 bits per heavy atom. The van der Waals surface area contributed by atoms with Crippen molar-refractivity contribution in [1.29, 1.82) is 0 Å². The molecular formula is C5H10BrN. The predicted molar refractivity (Wildman–Crippen MR) is 34.3 cm³/mol. The zero-order valence-corrected chi connectivity index (χ0v) is 6.11. The summed E-state index contributed by atoms with van der Waals surface area (Å²) in [6.45, 7) is 3.48. The molecule has 1 nitrogen and oxygen atoms in total. The van der Waals surface area contributed by atoms with Crippen LogP contribution in [0.15, 0.2) is 0 Å². The number of nitrogens with zero attached hydrogens (tertiary/aromatic N) is 1. The number of halogens is 1. The lowest BCUT2D eigenvalue weighted by Gasteiger charge is -1.86. The largest absolute Gasteiger partial charge is 0.236 e. The van der Waals surface area contributed by atoms with Crippen LogP contribution >= 0.6 is 16.1 Å². The van der Waals surface area contributed by atoms with E-state index >= 15 is 0 Å². The van der Waals surface area contributed by atoms with Crippen LogP contribution in [0.5, 0.6) is 0 Å². The maximum absolute atomic E-state index is 3.38. The third-order valence-corrected chi connectivity index (χ3v) is 2.14. The topological polar surface area (TPSA) is 3.01 Å². The van der Waals surface area contributed by atoms with Crippen LogP contribution in [0, 0.1) is 0 Å². The van der Waals surface area contributed by atoms with Gasteiger partial charge in [0.25, 0.3) is 0 Å². The van der Waals surface area contributed by atoms with Gasteiger partial charge in [0.1, 0.15) is 0 Å². The molecule has 1 heterocycles. The summed E-state index contributed by atoms with van der Waals surface area (Å²) in [7, 11) is 0. The highest BCUT2D eigenvalue weighted by atomic mass is 79.9. The molecule has 0 saturated carbocycles. The van der Waals surface area contributed by atoms with Gasteiger partial charge in [-0.15, -0.1) is 0 Å². The molecule has 1 aliphatic rings. The summed E-state index contributed by atoms with van der Waals surface area (Å²) in [5.74, 6) is 0. The summed E-state index contributed by atoms with van der Waals surface area (Å²) < 4.78 is 2.19. The van der Waals surface area contributed by atoms with Crippen LogP contribution < -0.4 is 0 Å². The maximum Gasteiger partial charge on any atom is 0.0342 e. The van der Waals surface area contributed by atoms with E-state index in [1.54, 1.807) is 0 Å². The molecule has 0 amide bonds. The summed E-state index contributed by atoms with van der Waals surface area (Å²) in [6.07, 6.45) is 2.66. The maximum atomic E-state index is 3.38. The van der Waals surface area contributed by atoms with Crippen molar-refractivity contribution < 1.29 is 0 Å². The van der Waals surface area contributed by atoms with E-state index in [0.29, 0.717) is 0 Å². The van der Waals surface area contributed by atoms with Gasteiger partial charge in [-0.3, -0.25) is 0 Å². The summed E-state index contributed by atoms with van der Waals surface area (Å²) in [4.78, 5) is 0. The van der Waals surface area contributed by atoms with Gasteiger partial charge >= 0.3 is 0 Å². The minimum Gasteiger partial charge on any atom is -0.236 e. The van der Waals surface area contributed by atoms with Gasteiger partial charge in [0, 0.05) is 28.7 Å². The van der Waals surface area contributed by atoms with E-state index in [-0.39, 0.29) is 0 Å². The monoisotopic (exact) mass is 163 g/mol. The first-order valence-electron chi connectivity index (χ1n) is 2.77. The van der Waals surface area contributed by atoms with Gasteiger partial charge in [0.2, 0.25) is 0 Å². The highest BCUT2D eigenvalue weighted by molar-refractivity contribution is 9.07. The van der Waals surface area contributed by atoms with Crippen LogP contribution in [0.4, 0.5) is 0 Å². The molecule has 2 unspecified atom stereocenters. The quantitative estimate of drug-likeness (QED) is 0.444.